The maximum atomic E-state index is 5.41. The van der Waals surface area contributed by atoms with Crippen LogP contribution in [-0.2, 0) is 11.3 Å². The number of rotatable bonds is 8. The maximum Gasteiger partial charge on any atom is 0.126 e. The Balaban J connectivity index is 2.02. The average molecular weight is 271 g/mol. The fourth-order valence-corrected chi connectivity index (χ4v) is 2.25. The largest absolute Gasteiger partial charge is 0.502 e. The minimum absolute atomic E-state index is 0.708. The summed E-state index contributed by atoms with van der Waals surface area (Å²) in [5.74, 6) is 0.920. The Morgan fingerprint density at radius 1 is 1.15 bits per heavy atom. The molecule has 0 heterocycles. The van der Waals surface area contributed by atoms with E-state index in [1.807, 2.05) is 12.1 Å². The minimum atomic E-state index is 0.708. The van der Waals surface area contributed by atoms with E-state index in [1.165, 1.54) is 17.2 Å². The van der Waals surface area contributed by atoms with Crippen LogP contribution in [0.3, 0.4) is 0 Å². The van der Waals surface area contributed by atoms with Crippen molar-refractivity contribution in [3.8, 4) is 5.75 Å². The molecule has 0 bridgehead atoms. The Hall–Kier alpha value is -2.00. The Labute approximate surface area is 120 Å². The molecular weight excluding hydrogens is 250 g/mol. The van der Waals surface area contributed by atoms with Crippen molar-refractivity contribution in [3.05, 3.63) is 54.8 Å². The Morgan fingerprint density at radius 2 is 1.95 bits per heavy atom. The number of nitrogens with one attached hydrogen (secondary N) is 1. The van der Waals surface area contributed by atoms with E-state index in [0.717, 1.165) is 30.6 Å². The van der Waals surface area contributed by atoms with Gasteiger partial charge in [-0.1, -0.05) is 36.9 Å². The Kier molecular flexibility index (Phi) is 5.44. The molecule has 0 aliphatic rings. The molecule has 0 saturated heterocycles. The molecule has 3 heteroatoms. The second-order valence-electron chi connectivity index (χ2n) is 4.54. The van der Waals surface area contributed by atoms with E-state index < -0.39 is 0 Å². The topological polar surface area (TPSA) is 30.5 Å². The predicted octanol–water partition coefficient (Wildman–Crippen LogP) is 3.49. The molecule has 106 valence electrons. The molecule has 0 aliphatic heterocycles. The first-order chi connectivity index (χ1) is 9.86. The molecular formula is C17H21NO2. The quantitative estimate of drug-likeness (QED) is 0.589. The summed E-state index contributed by atoms with van der Waals surface area (Å²) in [6, 6.07) is 12.5. The van der Waals surface area contributed by atoms with Crippen LogP contribution in [0.2, 0.25) is 0 Å². The van der Waals surface area contributed by atoms with Gasteiger partial charge in [-0.2, -0.15) is 0 Å². The second kappa shape index (κ2) is 7.56. The molecule has 20 heavy (non-hydrogen) atoms. The van der Waals surface area contributed by atoms with Gasteiger partial charge in [-0.3, -0.25) is 0 Å². The molecule has 0 unspecified atom stereocenters. The van der Waals surface area contributed by atoms with Gasteiger partial charge in [0.1, 0.15) is 5.75 Å². The first-order valence-corrected chi connectivity index (χ1v) is 6.84. The third-order valence-electron chi connectivity index (χ3n) is 3.24. The third kappa shape index (κ3) is 3.52. The lowest BCUT2D eigenvalue weighted by Crippen LogP contribution is -2.16. The van der Waals surface area contributed by atoms with Gasteiger partial charge in [0.2, 0.25) is 0 Å². The van der Waals surface area contributed by atoms with Crippen molar-refractivity contribution in [3.63, 3.8) is 0 Å². The maximum absolute atomic E-state index is 5.41. The molecule has 0 atom stereocenters. The molecule has 0 spiro atoms. The van der Waals surface area contributed by atoms with Crippen molar-refractivity contribution in [1.29, 1.82) is 0 Å². The molecule has 2 aromatic carbocycles. The van der Waals surface area contributed by atoms with Crippen molar-refractivity contribution in [2.24, 2.45) is 0 Å². The molecule has 0 amide bonds. The summed E-state index contributed by atoms with van der Waals surface area (Å²) in [5.41, 5.74) is 1.28. The smallest absolute Gasteiger partial charge is 0.126 e. The predicted molar refractivity (Wildman–Crippen MR) is 83.0 cm³/mol. The van der Waals surface area contributed by atoms with E-state index in [0.29, 0.717) is 6.61 Å². The molecule has 3 nitrogen and oxygen atoms in total. The van der Waals surface area contributed by atoms with Crippen LogP contribution in [0.5, 0.6) is 5.75 Å². The van der Waals surface area contributed by atoms with Gasteiger partial charge in [0.25, 0.3) is 0 Å². The van der Waals surface area contributed by atoms with Crippen LogP contribution in [0.4, 0.5) is 0 Å². The van der Waals surface area contributed by atoms with Gasteiger partial charge < -0.3 is 14.8 Å². The highest BCUT2D eigenvalue weighted by atomic mass is 16.5. The molecule has 0 fully saturated rings. The average Bonchev–Trinajstić information content (AvgIpc) is 2.50. The monoisotopic (exact) mass is 271 g/mol. The standard InChI is InChI=1S/C17H21NO2/c1-3-20-12-6-11-18-13-14-9-10-17(19-2)16-8-5-4-7-15(14)16/h3-5,7-10,18H,1,6,11-13H2,2H3. The SMILES string of the molecule is C=COCCCNCc1ccc(OC)c2ccccc12. The van der Waals surface area contributed by atoms with E-state index in [2.05, 4.69) is 36.2 Å². The van der Waals surface area contributed by atoms with Crippen LogP contribution >= 0.6 is 0 Å². The zero-order valence-corrected chi connectivity index (χ0v) is 11.9. The zero-order valence-electron chi connectivity index (χ0n) is 11.9. The molecule has 0 saturated carbocycles. The lowest BCUT2D eigenvalue weighted by molar-refractivity contribution is 0.244. The van der Waals surface area contributed by atoms with Crippen LogP contribution in [0.15, 0.2) is 49.2 Å². The van der Waals surface area contributed by atoms with E-state index in [1.54, 1.807) is 7.11 Å². The molecule has 2 aromatic rings. The zero-order chi connectivity index (χ0) is 14.2. The van der Waals surface area contributed by atoms with Crippen molar-refractivity contribution < 1.29 is 9.47 Å². The second-order valence-corrected chi connectivity index (χ2v) is 4.54. The molecule has 1 N–H and O–H groups in total. The number of hydrogen-bond donors (Lipinski definition) is 1. The fourth-order valence-electron chi connectivity index (χ4n) is 2.25. The van der Waals surface area contributed by atoms with Gasteiger partial charge in [0.05, 0.1) is 20.0 Å². The van der Waals surface area contributed by atoms with Crippen LogP contribution in [0.25, 0.3) is 10.8 Å². The summed E-state index contributed by atoms with van der Waals surface area (Å²) in [7, 11) is 1.71. The summed E-state index contributed by atoms with van der Waals surface area (Å²) in [5, 5.41) is 5.83. The van der Waals surface area contributed by atoms with Gasteiger partial charge >= 0.3 is 0 Å². The van der Waals surface area contributed by atoms with Crippen molar-refractivity contribution >= 4 is 10.8 Å². The van der Waals surface area contributed by atoms with Crippen molar-refractivity contribution in [2.45, 2.75) is 13.0 Å². The lowest BCUT2D eigenvalue weighted by atomic mass is 10.0. The van der Waals surface area contributed by atoms with Crippen LogP contribution in [-0.4, -0.2) is 20.3 Å². The van der Waals surface area contributed by atoms with Crippen molar-refractivity contribution in [1.82, 2.24) is 5.32 Å². The van der Waals surface area contributed by atoms with Crippen LogP contribution in [0.1, 0.15) is 12.0 Å². The summed E-state index contributed by atoms with van der Waals surface area (Å²) in [4.78, 5) is 0. The van der Waals surface area contributed by atoms with E-state index in [-0.39, 0.29) is 0 Å². The number of benzene rings is 2. The summed E-state index contributed by atoms with van der Waals surface area (Å²) < 4.78 is 10.5. The van der Waals surface area contributed by atoms with E-state index >= 15 is 0 Å². The van der Waals surface area contributed by atoms with Gasteiger partial charge in [0, 0.05) is 11.9 Å². The number of ether oxygens (including phenoxy) is 2. The number of fused-ring (bicyclic) bond motifs is 1. The summed E-state index contributed by atoms with van der Waals surface area (Å²) in [6.07, 6.45) is 2.46. The highest BCUT2D eigenvalue weighted by molar-refractivity contribution is 5.91. The van der Waals surface area contributed by atoms with Gasteiger partial charge in [0.15, 0.2) is 0 Å². The molecule has 2 rings (SSSR count). The first-order valence-electron chi connectivity index (χ1n) is 6.84. The van der Waals surface area contributed by atoms with Gasteiger partial charge in [-0.25, -0.2) is 0 Å². The number of hydrogen-bond acceptors (Lipinski definition) is 3. The first kappa shape index (κ1) is 14.4. The van der Waals surface area contributed by atoms with Gasteiger partial charge in [-0.15, -0.1) is 0 Å². The Bertz CT molecular complexity index is 566. The molecule has 0 aromatic heterocycles. The van der Waals surface area contributed by atoms with Crippen LogP contribution < -0.4 is 10.1 Å². The molecule has 0 aliphatic carbocycles. The molecule has 0 radical (unpaired) electrons. The lowest BCUT2D eigenvalue weighted by Gasteiger charge is -2.11. The third-order valence-corrected chi connectivity index (χ3v) is 3.24. The van der Waals surface area contributed by atoms with Gasteiger partial charge in [-0.05, 0) is 30.0 Å². The fraction of sp³-hybridized carbons (Fsp3) is 0.294. The van der Waals surface area contributed by atoms with E-state index in [4.69, 9.17) is 9.47 Å². The summed E-state index contributed by atoms with van der Waals surface area (Å²) in [6.45, 7) is 6.00. The highest BCUT2D eigenvalue weighted by Crippen LogP contribution is 2.28. The van der Waals surface area contributed by atoms with Crippen LogP contribution in [0, 0.1) is 0 Å². The Morgan fingerprint density at radius 3 is 2.70 bits per heavy atom. The summed E-state index contributed by atoms with van der Waals surface area (Å²) >= 11 is 0. The van der Waals surface area contributed by atoms with Crippen molar-refractivity contribution in [2.75, 3.05) is 20.3 Å². The number of methoxy groups -OCH3 is 1. The minimum Gasteiger partial charge on any atom is -0.502 e. The normalized spacial score (nSPS) is 10.4. The van der Waals surface area contributed by atoms with E-state index in [9.17, 15) is 0 Å². The highest BCUT2D eigenvalue weighted by Gasteiger charge is 2.05.